The predicted molar refractivity (Wildman–Crippen MR) is 78.4 cm³/mol. The minimum absolute atomic E-state index is 0.177. The van der Waals surface area contributed by atoms with E-state index in [0.717, 1.165) is 18.7 Å². The average molecular weight is 249 g/mol. The van der Waals surface area contributed by atoms with Gasteiger partial charge in [-0.1, -0.05) is 39.0 Å². The summed E-state index contributed by atoms with van der Waals surface area (Å²) in [7, 11) is 0. The van der Waals surface area contributed by atoms with Crippen LogP contribution >= 0.6 is 0 Å². The lowest BCUT2D eigenvalue weighted by atomic mass is 10.0. The molecule has 0 spiro atoms. The van der Waals surface area contributed by atoms with Crippen LogP contribution in [0.5, 0.6) is 5.75 Å². The van der Waals surface area contributed by atoms with Crippen molar-refractivity contribution >= 4 is 0 Å². The molecule has 1 aromatic rings. The third kappa shape index (κ3) is 4.34. The van der Waals surface area contributed by atoms with Crippen LogP contribution in [-0.4, -0.2) is 18.7 Å². The van der Waals surface area contributed by atoms with Crippen molar-refractivity contribution in [1.29, 1.82) is 0 Å². The first-order chi connectivity index (χ1) is 8.56. The molecule has 2 atom stereocenters. The first-order valence-corrected chi connectivity index (χ1v) is 7.05. The van der Waals surface area contributed by atoms with Crippen molar-refractivity contribution < 1.29 is 4.74 Å². The molecule has 0 saturated heterocycles. The van der Waals surface area contributed by atoms with E-state index < -0.39 is 0 Å². The molecule has 1 N–H and O–H groups in total. The van der Waals surface area contributed by atoms with Crippen LogP contribution in [0, 0.1) is 0 Å². The monoisotopic (exact) mass is 249 g/mol. The number of rotatable bonds is 7. The summed E-state index contributed by atoms with van der Waals surface area (Å²) in [4.78, 5) is 0. The number of ether oxygens (including phenoxy) is 1. The van der Waals surface area contributed by atoms with Gasteiger partial charge in [0, 0.05) is 6.04 Å². The van der Waals surface area contributed by atoms with Gasteiger partial charge in [-0.25, -0.2) is 0 Å². The lowest BCUT2D eigenvalue weighted by Gasteiger charge is -2.24. The standard InChI is InChI=1S/C16H27NO/c1-6-11-17-13(4)14(5)18-16-10-8-7-9-15(16)12(2)3/h7-10,12-14,17H,6,11H2,1-5H3. The maximum absolute atomic E-state index is 6.10. The Bertz CT molecular complexity index is 349. The third-order valence-electron chi connectivity index (χ3n) is 3.27. The van der Waals surface area contributed by atoms with E-state index in [1.807, 2.05) is 6.07 Å². The molecular weight excluding hydrogens is 222 g/mol. The summed E-state index contributed by atoms with van der Waals surface area (Å²) in [5, 5.41) is 3.48. The van der Waals surface area contributed by atoms with E-state index in [1.54, 1.807) is 0 Å². The van der Waals surface area contributed by atoms with Crippen LogP contribution in [-0.2, 0) is 0 Å². The van der Waals surface area contributed by atoms with Gasteiger partial charge in [0.2, 0.25) is 0 Å². The Morgan fingerprint density at radius 1 is 1.11 bits per heavy atom. The first kappa shape index (κ1) is 15.0. The molecule has 0 heterocycles. The van der Waals surface area contributed by atoms with Gasteiger partial charge in [0.25, 0.3) is 0 Å². The fourth-order valence-electron chi connectivity index (χ4n) is 1.91. The second-order valence-electron chi connectivity index (χ2n) is 5.26. The molecule has 0 aromatic heterocycles. The molecule has 2 unspecified atom stereocenters. The number of hydrogen-bond donors (Lipinski definition) is 1. The molecule has 0 aliphatic heterocycles. The minimum Gasteiger partial charge on any atom is -0.489 e. The summed E-state index contributed by atoms with van der Waals surface area (Å²) in [5.41, 5.74) is 1.28. The molecule has 102 valence electrons. The van der Waals surface area contributed by atoms with Crippen LogP contribution in [0.25, 0.3) is 0 Å². The molecule has 0 fully saturated rings. The molecule has 18 heavy (non-hydrogen) atoms. The maximum atomic E-state index is 6.10. The van der Waals surface area contributed by atoms with Crippen molar-refractivity contribution in [2.24, 2.45) is 0 Å². The summed E-state index contributed by atoms with van der Waals surface area (Å²) in [6, 6.07) is 8.70. The second kappa shape index (κ2) is 7.42. The van der Waals surface area contributed by atoms with Gasteiger partial charge in [-0.3, -0.25) is 0 Å². The van der Waals surface area contributed by atoms with Crippen LogP contribution in [0.3, 0.4) is 0 Å². The van der Waals surface area contributed by atoms with Gasteiger partial charge in [0.1, 0.15) is 11.9 Å². The maximum Gasteiger partial charge on any atom is 0.123 e. The van der Waals surface area contributed by atoms with Crippen LogP contribution in [0.1, 0.15) is 52.5 Å². The van der Waals surface area contributed by atoms with Crippen molar-refractivity contribution in [1.82, 2.24) is 5.32 Å². The molecule has 1 rings (SSSR count). The van der Waals surface area contributed by atoms with E-state index in [9.17, 15) is 0 Å². The molecular formula is C16H27NO. The lowest BCUT2D eigenvalue weighted by Crippen LogP contribution is -2.39. The normalized spacial score (nSPS) is 14.6. The van der Waals surface area contributed by atoms with Gasteiger partial charge >= 0.3 is 0 Å². The first-order valence-electron chi connectivity index (χ1n) is 7.05. The molecule has 0 bridgehead atoms. The topological polar surface area (TPSA) is 21.3 Å². The minimum atomic E-state index is 0.177. The van der Waals surface area contributed by atoms with E-state index in [2.05, 4.69) is 58.1 Å². The number of benzene rings is 1. The Kier molecular flexibility index (Phi) is 6.20. The Labute approximate surface area is 112 Å². The van der Waals surface area contributed by atoms with Crippen LogP contribution in [0.2, 0.25) is 0 Å². The Hall–Kier alpha value is -1.02. The Balaban J connectivity index is 2.66. The van der Waals surface area contributed by atoms with Gasteiger partial charge < -0.3 is 10.1 Å². The molecule has 0 aliphatic carbocycles. The number of nitrogens with one attached hydrogen (secondary N) is 1. The smallest absolute Gasteiger partial charge is 0.123 e. The van der Waals surface area contributed by atoms with Crippen LogP contribution in [0.15, 0.2) is 24.3 Å². The van der Waals surface area contributed by atoms with Gasteiger partial charge in [0.15, 0.2) is 0 Å². The molecule has 2 nitrogen and oxygen atoms in total. The SMILES string of the molecule is CCCNC(C)C(C)Oc1ccccc1C(C)C. The van der Waals surface area contributed by atoms with Gasteiger partial charge in [-0.05, 0) is 44.4 Å². The molecule has 0 amide bonds. The molecule has 2 heteroatoms. The largest absolute Gasteiger partial charge is 0.489 e. The lowest BCUT2D eigenvalue weighted by molar-refractivity contribution is 0.176. The number of para-hydroxylation sites is 1. The van der Waals surface area contributed by atoms with Crippen molar-refractivity contribution in [2.75, 3.05) is 6.54 Å². The van der Waals surface area contributed by atoms with Crippen LogP contribution in [0.4, 0.5) is 0 Å². The van der Waals surface area contributed by atoms with E-state index >= 15 is 0 Å². The summed E-state index contributed by atoms with van der Waals surface area (Å²) in [5.74, 6) is 1.51. The Morgan fingerprint density at radius 2 is 1.78 bits per heavy atom. The van der Waals surface area contributed by atoms with E-state index in [-0.39, 0.29) is 6.10 Å². The van der Waals surface area contributed by atoms with Gasteiger partial charge in [-0.2, -0.15) is 0 Å². The summed E-state index contributed by atoms with van der Waals surface area (Å²) in [6.07, 6.45) is 1.33. The molecule has 0 aliphatic rings. The highest BCUT2D eigenvalue weighted by Crippen LogP contribution is 2.27. The predicted octanol–water partition coefficient (Wildman–Crippen LogP) is 3.97. The van der Waals surface area contributed by atoms with Crippen LogP contribution < -0.4 is 10.1 Å². The van der Waals surface area contributed by atoms with Crippen molar-refractivity contribution in [3.8, 4) is 5.75 Å². The van der Waals surface area contributed by atoms with Crippen molar-refractivity contribution in [2.45, 2.75) is 59.1 Å². The fourth-order valence-corrected chi connectivity index (χ4v) is 1.91. The van der Waals surface area contributed by atoms with E-state index in [4.69, 9.17) is 4.74 Å². The summed E-state index contributed by atoms with van der Waals surface area (Å²) < 4.78 is 6.10. The van der Waals surface area contributed by atoms with Gasteiger partial charge in [-0.15, -0.1) is 0 Å². The highest BCUT2D eigenvalue weighted by molar-refractivity contribution is 5.35. The molecule has 0 radical (unpaired) electrons. The zero-order valence-electron chi connectivity index (χ0n) is 12.4. The van der Waals surface area contributed by atoms with Gasteiger partial charge in [0.05, 0.1) is 0 Å². The third-order valence-corrected chi connectivity index (χ3v) is 3.27. The second-order valence-corrected chi connectivity index (χ2v) is 5.26. The highest BCUT2D eigenvalue weighted by atomic mass is 16.5. The zero-order valence-corrected chi connectivity index (χ0v) is 12.4. The fraction of sp³-hybridized carbons (Fsp3) is 0.625. The molecule has 0 saturated carbocycles. The Morgan fingerprint density at radius 3 is 2.39 bits per heavy atom. The van der Waals surface area contributed by atoms with Crippen molar-refractivity contribution in [3.63, 3.8) is 0 Å². The summed E-state index contributed by atoms with van der Waals surface area (Å²) >= 11 is 0. The van der Waals surface area contributed by atoms with E-state index in [0.29, 0.717) is 12.0 Å². The zero-order chi connectivity index (χ0) is 13.5. The molecule has 1 aromatic carbocycles. The highest BCUT2D eigenvalue weighted by Gasteiger charge is 2.15. The number of hydrogen-bond acceptors (Lipinski definition) is 2. The quantitative estimate of drug-likeness (QED) is 0.789. The van der Waals surface area contributed by atoms with Crippen molar-refractivity contribution in [3.05, 3.63) is 29.8 Å². The summed E-state index contributed by atoms with van der Waals surface area (Å²) in [6.45, 7) is 11.9. The average Bonchev–Trinajstić information content (AvgIpc) is 2.36. The van der Waals surface area contributed by atoms with E-state index in [1.165, 1.54) is 5.56 Å².